The first-order valence-electron chi connectivity index (χ1n) is 5.01. The highest BCUT2D eigenvalue weighted by Gasteiger charge is 2.07. The summed E-state index contributed by atoms with van der Waals surface area (Å²) >= 11 is 0. The molecule has 0 spiro atoms. The third-order valence-corrected chi connectivity index (χ3v) is 2.26. The second-order valence-corrected chi connectivity index (χ2v) is 3.47. The molecule has 0 saturated carbocycles. The Labute approximate surface area is 100 Å². The summed E-state index contributed by atoms with van der Waals surface area (Å²) in [7, 11) is 0. The van der Waals surface area contributed by atoms with Gasteiger partial charge in [-0.25, -0.2) is 17.6 Å². The first kappa shape index (κ1) is 12.3. The maximum atomic E-state index is 13.3. The van der Waals surface area contributed by atoms with Gasteiger partial charge in [0.15, 0.2) is 23.3 Å². The van der Waals surface area contributed by atoms with Gasteiger partial charge in [-0.05, 0) is 18.2 Å². The van der Waals surface area contributed by atoms with Crippen molar-refractivity contribution in [2.45, 2.75) is 0 Å². The lowest BCUT2D eigenvalue weighted by Crippen LogP contribution is -1.92. The fourth-order valence-corrected chi connectivity index (χ4v) is 1.35. The molecule has 1 nitrogen and oxygen atoms in total. The van der Waals surface area contributed by atoms with E-state index < -0.39 is 23.3 Å². The Balaban J connectivity index is 2.36. The maximum absolute atomic E-state index is 13.3. The van der Waals surface area contributed by atoms with Crippen LogP contribution in [0.5, 0.6) is 0 Å². The molecule has 18 heavy (non-hydrogen) atoms. The zero-order valence-electron chi connectivity index (χ0n) is 9.00. The van der Waals surface area contributed by atoms with Gasteiger partial charge in [0.2, 0.25) is 0 Å². The van der Waals surface area contributed by atoms with Crippen LogP contribution >= 0.6 is 0 Å². The summed E-state index contributed by atoms with van der Waals surface area (Å²) in [6.07, 6.45) is 0.941. The molecule has 0 unspecified atom stereocenters. The minimum Gasteiger partial charge on any atom is -0.253 e. The number of nitrogens with zero attached hydrogens (tertiary/aromatic N) is 1. The van der Waals surface area contributed by atoms with Crippen LogP contribution in [-0.4, -0.2) is 6.21 Å². The number of hydrogen-bond acceptors (Lipinski definition) is 1. The van der Waals surface area contributed by atoms with E-state index in [1.165, 1.54) is 24.3 Å². The Bertz CT molecular complexity index is 554. The van der Waals surface area contributed by atoms with Gasteiger partial charge >= 0.3 is 0 Å². The normalized spacial score (nSPS) is 11.1. The topological polar surface area (TPSA) is 12.4 Å². The first-order valence-corrected chi connectivity index (χ1v) is 5.01. The van der Waals surface area contributed by atoms with Gasteiger partial charge in [0, 0.05) is 11.8 Å². The van der Waals surface area contributed by atoms with Gasteiger partial charge in [0.1, 0.15) is 5.69 Å². The first-order chi connectivity index (χ1) is 8.59. The van der Waals surface area contributed by atoms with Crippen LogP contribution in [0, 0.1) is 23.3 Å². The molecule has 0 aliphatic carbocycles. The quantitative estimate of drug-likeness (QED) is 0.566. The summed E-state index contributed by atoms with van der Waals surface area (Å²) in [5.41, 5.74) is -0.419. The SMILES string of the molecule is Fc1cccc(C=Nc2cccc(F)c2F)c1F. The minimum absolute atomic E-state index is 0.140. The molecule has 92 valence electrons. The molecule has 0 heterocycles. The summed E-state index contributed by atoms with van der Waals surface area (Å²) in [4.78, 5) is 3.59. The van der Waals surface area contributed by atoms with Gasteiger partial charge in [0.25, 0.3) is 0 Å². The lowest BCUT2D eigenvalue weighted by molar-refractivity contribution is 0.507. The Morgan fingerprint density at radius 3 is 2.11 bits per heavy atom. The van der Waals surface area contributed by atoms with Crippen molar-refractivity contribution < 1.29 is 17.6 Å². The van der Waals surface area contributed by atoms with E-state index in [0.29, 0.717) is 0 Å². The summed E-state index contributed by atoms with van der Waals surface area (Å²) in [5.74, 6) is -4.30. The van der Waals surface area contributed by atoms with Crippen molar-refractivity contribution in [3.63, 3.8) is 0 Å². The van der Waals surface area contributed by atoms with E-state index >= 15 is 0 Å². The van der Waals surface area contributed by atoms with Crippen LogP contribution < -0.4 is 0 Å². The molecule has 0 fully saturated rings. The molecule has 0 aromatic heterocycles. The van der Waals surface area contributed by atoms with Crippen LogP contribution in [0.2, 0.25) is 0 Å². The predicted octanol–water partition coefficient (Wildman–Crippen LogP) is 3.99. The molecule has 0 N–H and O–H groups in total. The highest BCUT2D eigenvalue weighted by atomic mass is 19.2. The largest absolute Gasteiger partial charge is 0.253 e. The van der Waals surface area contributed by atoms with Crippen LogP contribution in [0.4, 0.5) is 23.2 Å². The van der Waals surface area contributed by atoms with Crippen molar-refractivity contribution >= 4 is 11.9 Å². The highest BCUT2D eigenvalue weighted by Crippen LogP contribution is 2.20. The summed E-state index contributed by atoms with van der Waals surface area (Å²) in [6.45, 7) is 0. The Morgan fingerprint density at radius 2 is 1.39 bits per heavy atom. The van der Waals surface area contributed by atoms with Crippen LogP contribution in [-0.2, 0) is 0 Å². The molecule has 0 saturated heterocycles. The van der Waals surface area contributed by atoms with Crippen LogP contribution in [0.3, 0.4) is 0 Å². The molecule has 2 rings (SSSR count). The van der Waals surface area contributed by atoms with Crippen molar-refractivity contribution in [3.05, 3.63) is 65.2 Å². The maximum Gasteiger partial charge on any atom is 0.184 e. The molecule has 0 bridgehead atoms. The Kier molecular flexibility index (Phi) is 3.41. The second kappa shape index (κ2) is 5.00. The van der Waals surface area contributed by atoms with E-state index in [0.717, 1.165) is 18.3 Å². The van der Waals surface area contributed by atoms with E-state index in [9.17, 15) is 17.6 Å². The molecule has 2 aromatic carbocycles. The molecule has 5 heteroatoms. The zero-order chi connectivity index (χ0) is 13.1. The average molecular weight is 253 g/mol. The summed E-state index contributed by atoms with van der Waals surface area (Å²) in [5, 5.41) is 0. The summed E-state index contributed by atoms with van der Waals surface area (Å²) in [6, 6.07) is 6.96. The van der Waals surface area contributed by atoms with E-state index in [1.807, 2.05) is 0 Å². The van der Waals surface area contributed by atoms with E-state index in [1.54, 1.807) is 0 Å². The molecular weight excluding hydrogens is 246 g/mol. The second-order valence-electron chi connectivity index (χ2n) is 3.47. The lowest BCUT2D eigenvalue weighted by Gasteiger charge is -1.99. The van der Waals surface area contributed by atoms with E-state index in [2.05, 4.69) is 4.99 Å². The monoisotopic (exact) mass is 253 g/mol. The molecular formula is C13H7F4N. The van der Waals surface area contributed by atoms with Gasteiger partial charge in [-0.15, -0.1) is 0 Å². The number of hydrogen-bond donors (Lipinski definition) is 0. The molecule has 0 radical (unpaired) electrons. The number of halogens is 4. The molecule has 2 aromatic rings. The smallest absolute Gasteiger partial charge is 0.184 e. The minimum atomic E-state index is -1.13. The van der Waals surface area contributed by atoms with Crippen LogP contribution in [0.15, 0.2) is 41.4 Å². The fraction of sp³-hybridized carbons (Fsp3) is 0. The van der Waals surface area contributed by atoms with Crippen LogP contribution in [0.1, 0.15) is 5.56 Å². The average Bonchev–Trinajstić information content (AvgIpc) is 2.36. The Hall–Kier alpha value is -2.17. The van der Waals surface area contributed by atoms with E-state index in [-0.39, 0.29) is 11.3 Å². The number of benzene rings is 2. The Morgan fingerprint density at radius 1 is 0.778 bits per heavy atom. The summed E-state index contributed by atoms with van der Waals surface area (Å²) < 4.78 is 52.2. The molecule has 0 amide bonds. The molecule has 0 aliphatic heterocycles. The van der Waals surface area contributed by atoms with Gasteiger partial charge in [-0.1, -0.05) is 18.2 Å². The fourth-order valence-electron chi connectivity index (χ4n) is 1.35. The molecule has 0 aliphatic rings. The van der Waals surface area contributed by atoms with Crippen molar-refractivity contribution in [2.24, 2.45) is 4.99 Å². The van der Waals surface area contributed by atoms with Gasteiger partial charge in [0.05, 0.1) is 0 Å². The lowest BCUT2D eigenvalue weighted by atomic mass is 10.2. The molecule has 0 atom stereocenters. The van der Waals surface area contributed by atoms with Crippen LogP contribution in [0.25, 0.3) is 0 Å². The van der Waals surface area contributed by atoms with Gasteiger partial charge < -0.3 is 0 Å². The van der Waals surface area contributed by atoms with Crippen molar-refractivity contribution in [1.29, 1.82) is 0 Å². The van der Waals surface area contributed by atoms with Crippen molar-refractivity contribution in [1.82, 2.24) is 0 Å². The standard InChI is InChI=1S/C13H7F4N/c14-9-4-1-3-8(12(9)16)7-18-11-6-2-5-10(15)13(11)17/h1-7H. The third kappa shape index (κ3) is 2.40. The third-order valence-electron chi connectivity index (χ3n) is 2.26. The zero-order valence-corrected chi connectivity index (χ0v) is 9.00. The number of aliphatic imine (C=N–C) groups is 1. The van der Waals surface area contributed by atoms with Crippen molar-refractivity contribution in [3.8, 4) is 0 Å². The van der Waals surface area contributed by atoms with Crippen molar-refractivity contribution in [2.75, 3.05) is 0 Å². The van der Waals surface area contributed by atoms with Gasteiger partial charge in [-0.3, -0.25) is 4.99 Å². The van der Waals surface area contributed by atoms with E-state index in [4.69, 9.17) is 0 Å². The number of rotatable bonds is 2. The predicted molar refractivity (Wildman–Crippen MR) is 60.0 cm³/mol. The highest BCUT2D eigenvalue weighted by molar-refractivity contribution is 5.82. The van der Waals surface area contributed by atoms with Gasteiger partial charge in [-0.2, -0.15) is 0 Å².